The molecule has 1 atom stereocenters. The lowest BCUT2D eigenvalue weighted by molar-refractivity contribution is -0.139. The summed E-state index contributed by atoms with van der Waals surface area (Å²) in [6.45, 7) is 3.57. The van der Waals surface area contributed by atoms with Gasteiger partial charge in [0.15, 0.2) is 0 Å². The molecule has 3 rings (SSSR count). The van der Waals surface area contributed by atoms with Crippen LogP contribution in [0.15, 0.2) is 29.5 Å². The fraction of sp³-hybridized carbons (Fsp3) is 0.286. The molecule has 0 fully saturated rings. The highest BCUT2D eigenvalue weighted by atomic mass is 35.5. The third-order valence-corrected chi connectivity index (χ3v) is 3.78. The molecule has 1 N–H and O–H groups in total. The van der Waals surface area contributed by atoms with Gasteiger partial charge < -0.3 is 10.1 Å². The van der Waals surface area contributed by atoms with Crippen molar-refractivity contribution in [2.24, 2.45) is 0 Å². The van der Waals surface area contributed by atoms with E-state index in [1.165, 1.54) is 16.8 Å². The molecule has 120 valence electrons. The standard InChI is InChI=1S/C14H13ClFN5O2/c1-3-23-13(22)10-7(2)17-14-18-19-20-21(14)12(10)8-5-4-6-9(15)11(8)16/h4-6,12H,3H2,1-2H3,(H,17,18,20)/t12-/m1/s1. The van der Waals surface area contributed by atoms with Crippen LogP contribution in [-0.2, 0) is 9.53 Å². The molecule has 23 heavy (non-hydrogen) atoms. The van der Waals surface area contributed by atoms with Gasteiger partial charge in [0.05, 0.1) is 17.2 Å². The summed E-state index contributed by atoms with van der Waals surface area (Å²) in [7, 11) is 0. The first-order chi connectivity index (χ1) is 11.0. The molecule has 0 bridgehead atoms. The summed E-state index contributed by atoms with van der Waals surface area (Å²) in [5, 5.41) is 14.1. The minimum atomic E-state index is -0.862. The van der Waals surface area contributed by atoms with Crippen LogP contribution >= 0.6 is 11.6 Å². The van der Waals surface area contributed by atoms with E-state index in [9.17, 15) is 9.18 Å². The summed E-state index contributed by atoms with van der Waals surface area (Å²) in [4.78, 5) is 12.4. The number of fused-ring (bicyclic) bond motifs is 1. The summed E-state index contributed by atoms with van der Waals surface area (Å²) in [5.41, 5.74) is 0.915. The van der Waals surface area contributed by atoms with E-state index in [1.54, 1.807) is 19.9 Å². The van der Waals surface area contributed by atoms with E-state index in [0.717, 1.165) is 0 Å². The number of carbonyl (C=O) groups excluding carboxylic acids is 1. The second-order valence-electron chi connectivity index (χ2n) is 4.88. The molecule has 1 aliphatic heterocycles. The first-order valence-electron chi connectivity index (χ1n) is 6.91. The van der Waals surface area contributed by atoms with E-state index in [2.05, 4.69) is 20.8 Å². The van der Waals surface area contributed by atoms with E-state index in [1.807, 2.05) is 0 Å². The highest BCUT2D eigenvalue weighted by Gasteiger charge is 2.36. The molecule has 9 heteroatoms. The molecule has 1 aliphatic rings. The maximum atomic E-state index is 14.5. The Kier molecular flexibility index (Phi) is 3.99. The number of nitrogens with one attached hydrogen (secondary N) is 1. The maximum Gasteiger partial charge on any atom is 0.338 e. The predicted octanol–water partition coefficient (Wildman–Crippen LogP) is 2.32. The van der Waals surface area contributed by atoms with Crippen LogP contribution in [0.2, 0.25) is 5.02 Å². The van der Waals surface area contributed by atoms with E-state index < -0.39 is 17.8 Å². The lowest BCUT2D eigenvalue weighted by atomic mass is 9.95. The Morgan fingerprint density at radius 1 is 1.52 bits per heavy atom. The Morgan fingerprint density at radius 2 is 2.30 bits per heavy atom. The molecular weight excluding hydrogens is 325 g/mol. The van der Waals surface area contributed by atoms with E-state index in [0.29, 0.717) is 11.6 Å². The molecule has 1 aromatic heterocycles. The van der Waals surface area contributed by atoms with Crippen LogP contribution in [0.3, 0.4) is 0 Å². The SMILES string of the molecule is CCOC(=O)C1=C(C)Nc2nnnn2[C@@H]1c1cccc(Cl)c1F. The second kappa shape index (κ2) is 5.96. The highest BCUT2D eigenvalue weighted by molar-refractivity contribution is 6.30. The van der Waals surface area contributed by atoms with Gasteiger partial charge in [-0.3, -0.25) is 0 Å². The summed E-state index contributed by atoms with van der Waals surface area (Å²) < 4.78 is 20.9. The zero-order valence-electron chi connectivity index (χ0n) is 12.4. The number of tetrazole rings is 1. The summed E-state index contributed by atoms with van der Waals surface area (Å²) in [6, 6.07) is 3.71. The van der Waals surface area contributed by atoms with Crippen LogP contribution in [-0.4, -0.2) is 32.8 Å². The van der Waals surface area contributed by atoms with Gasteiger partial charge >= 0.3 is 5.97 Å². The fourth-order valence-electron chi connectivity index (χ4n) is 2.50. The van der Waals surface area contributed by atoms with Crippen molar-refractivity contribution in [1.29, 1.82) is 0 Å². The smallest absolute Gasteiger partial charge is 0.338 e. The molecule has 0 radical (unpaired) electrons. The minimum absolute atomic E-state index is 0.0449. The molecule has 0 spiro atoms. The average Bonchev–Trinajstić information content (AvgIpc) is 2.97. The lowest BCUT2D eigenvalue weighted by Crippen LogP contribution is -2.30. The molecule has 7 nitrogen and oxygen atoms in total. The van der Waals surface area contributed by atoms with Gasteiger partial charge in [-0.2, -0.15) is 4.68 Å². The van der Waals surface area contributed by atoms with Crippen molar-refractivity contribution in [2.45, 2.75) is 19.9 Å². The zero-order chi connectivity index (χ0) is 16.6. The Hall–Kier alpha value is -2.48. The van der Waals surface area contributed by atoms with Gasteiger partial charge in [0.2, 0.25) is 5.95 Å². The van der Waals surface area contributed by atoms with Crippen LogP contribution in [0.25, 0.3) is 0 Å². The van der Waals surface area contributed by atoms with E-state index >= 15 is 0 Å². The Labute approximate surface area is 136 Å². The fourth-order valence-corrected chi connectivity index (χ4v) is 2.69. The van der Waals surface area contributed by atoms with Crippen LogP contribution in [0.5, 0.6) is 0 Å². The molecule has 0 saturated carbocycles. The van der Waals surface area contributed by atoms with Crippen molar-refractivity contribution in [3.63, 3.8) is 0 Å². The number of ether oxygens (including phenoxy) is 1. The Morgan fingerprint density at radius 3 is 3.04 bits per heavy atom. The third kappa shape index (κ3) is 2.55. The molecule has 0 unspecified atom stereocenters. The first-order valence-corrected chi connectivity index (χ1v) is 7.29. The Bertz CT molecular complexity index is 804. The number of carbonyl (C=O) groups is 1. The van der Waals surface area contributed by atoms with Gasteiger partial charge in [0.25, 0.3) is 0 Å². The second-order valence-corrected chi connectivity index (χ2v) is 5.28. The number of halogens is 2. The van der Waals surface area contributed by atoms with E-state index in [-0.39, 0.29) is 22.8 Å². The topological polar surface area (TPSA) is 81.9 Å². The lowest BCUT2D eigenvalue weighted by Gasteiger charge is -2.27. The molecule has 2 aromatic rings. The van der Waals surface area contributed by atoms with E-state index in [4.69, 9.17) is 16.3 Å². The molecule has 0 saturated heterocycles. The van der Waals surface area contributed by atoms with Gasteiger partial charge in [-0.1, -0.05) is 28.8 Å². The van der Waals surface area contributed by atoms with Gasteiger partial charge in [0.1, 0.15) is 11.9 Å². The number of allylic oxidation sites excluding steroid dienone is 1. The summed E-state index contributed by atoms with van der Waals surface area (Å²) in [6.07, 6.45) is 0. The van der Waals surface area contributed by atoms with Gasteiger partial charge in [-0.25, -0.2) is 9.18 Å². The number of hydrogen-bond acceptors (Lipinski definition) is 6. The van der Waals surface area contributed by atoms with Crippen molar-refractivity contribution in [3.8, 4) is 0 Å². The van der Waals surface area contributed by atoms with Gasteiger partial charge in [0, 0.05) is 11.3 Å². The number of rotatable bonds is 3. The molecule has 1 aromatic carbocycles. The van der Waals surface area contributed by atoms with Crippen molar-refractivity contribution in [3.05, 3.63) is 45.9 Å². The minimum Gasteiger partial charge on any atom is -0.463 e. The molecule has 0 amide bonds. The van der Waals surface area contributed by atoms with Crippen molar-refractivity contribution >= 4 is 23.5 Å². The van der Waals surface area contributed by atoms with Crippen molar-refractivity contribution in [1.82, 2.24) is 20.2 Å². The predicted molar refractivity (Wildman–Crippen MR) is 80.3 cm³/mol. The first kappa shape index (κ1) is 15.4. The molecular formula is C14H13ClFN5O2. The van der Waals surface area contributed by atoms with Crippen molar-refractivity contribution < 1.29 is 13.9 Å². The zero-order valence-corrected chi connectivity index (χ0v) is 13.1. The van der Waals surface area contributed by atoms with Crippen LogP contribution in [0.1, 0.15) is 25.5 Å². The number of hydrogen-bond donors (Lipinski definition) is 1. The third-order valence-electron chi connectivity index (χ3n) is 3.49. The monoisotopic (exact) mass is 337 g/mol. The normalized spacial score (nSPS) is 16.8. The molecule has 2 heterocycles. The van der Waals surface area contributed by atoms with Crippen molar-refractivity contribution in [2.75, 3.05) is 11.9 Å². The number of nitrogens with zero attached hydrogens (tertiary/aromatic N) is 4. The molecule has 0 aliphatic carbocycles. The average molecular weight is 338 g/mol. The number of benzene rings is 1. The summed E-state index contributed by atoms with van der Waals surface area (Å²) >= 11 is 5.88. The van der Waals surface area contributed by atoms with Gasteiger partial charge in [-0.05, 0) is 30.3 Å². The largest absolute Gasteiger partial charge is 0.463 e. The number of aromatic nitrogens is 4. The summed E-state index contributed by atoms with van der Waals surface area (Å²) in [5.74, 6) is -0.889. The highest BCUT2D eigenvalue weighted by Crippen LogP contribution is 2.37. The number of anilines is 1. The van der Waals surface area contributed by atoms with Crippen LogP contribution < -0.4 is 5.32 Å². The Balaban J connectivity index is 2.21. The van der Waals surface area contributed by atoms with Crippen LogP contribution in [0.4, 0.5) is 10.3 Å². The van der Waals surface area contributed by atoms with Gasteiger partial charge in [-0.15, -0.1) is 0 Å². The maximum absolute atomic E-state index is 14.5. The quantitative estimate of drug-likeness (QED) is 0.866. The van der Waals surface area contributed by atoms with Crippen LogP contribution in [0, 0.1) is 5.82 Å². The number of esters is 1.